The molecule has 0 saturated heterocycles. The number of nitrogens with two attached hydrogens (primary N) is 1. The molecule has 0 radical (unpaired) electrons. The van der Waals surface area contributed by atoms with E-state index in [1.165, 1.54) is 23.5 Å². The third kappa shape index (κ3) is 3.29. The van der Waals surface area contributed by atoms with Gasteiger partial charge in [0.05, 0.1) is 0 Å². The lowest BCUT2D eigenvalue weighted by atomic mass is 10.5. The van der Waals surface area contributed by atoms with Crippen LogP contribution in [0.4, 0.5) is 5.82 Å². The molecule has 0 aliphatic heterocycles. The van der Waals surface area contributed by atoms with Gasteiger partial charge < -0.3 is 5.73 Å². The number of nitrogen functional groups attached to an aromatic ring is 1. The summed E-state index contributed by atoms with van der Waals surface area (Å²) >= 11 is 2.71. The van der Waals surface area contributed by atoms with Crippen LogP contribution in [0.2, 0.25) is 0 Å². The topological polar surface area (TPSA) is 102 Å². The second kappa shape index (κ2) is 6.11. The van der Waals surface area contributed by atoms with Gasteiger partial charge in [-0.15, -0.1) is 5.10 Å². The molecule has 2 aromatic rings. The molecule has 2 aromatic heterocycles. The number of hydrogen-bond donors (Lipinski definition) is 2. The van der Waals surface area contributed by atoms with Crippen LogP contribution in [-0.4, -0.2) is 31.0 Å². The number of rotatable bonds is 5. The van der Waals surface area contributed by atoms with Crippen molar-refractivity contribution in [2.24, 2.45) is 0 Å². The van der Waals surface area contributed by atoms with E-state index in [-0.39, 0.29) is 5.69 Å². The summed E-state index contributed by atoms with van der Waals surface area (Å²) in [5, 5.41) is 8.29. The molecule has 0 fully saturated rings. The summed E-state index contributed by atoms with van der Waals surface area (Å²) in [5.74, 6) is 0.404. The number of H-pyrrole nitrogens is 1. The number of nitrogens with one attached hydrogen (secondary N) is 1. The number of anilines is 1. The Labute approximate surface area is 118 Å². The minimum atomic E-state index is -0.212. The molecule has 102 valence electrons. The molecule has 0 saturated carbocycles. The van der Waals surface area contributed by atoms with Crippen molar-refractivity contribution in [2.45, 2.75) is 35.2 Å². The Bertz CT molecular complexity index is 623. The fourth-order valence-electron chi connectivity index (χ4n) is 1.46. The maximum absolute atomic E-state index is 11.6. The van der Waals surface area contributed by atoms with Gasteiger partial charge in [0, 0.05) is 12.6 Å². The number of aromatic amines is 1. The monoisotopic (exact) mass is 298 g/mol. The summed E-state index contributed by atoms with van der Waals surface area (Å²) in [4.78, 5) is 20.0. The van der Waals surface area contributed by atoms with E-state index in [1.807, 2.05) is 13.2 Å². The van der Waals surface area contributed by atoms with Gasteiger partial charge in [0.1, 0.15) is 10.8 Å². The molecule has 7 nitrogen and oxygen atoms in total. The number of hydrogen-bond acceptors (Lipinski definition) is 7. The molecule has 0 atom stereocenters. The van der Waals surface area contributed by atoms with Crippen LogP contribution in [0.15, 0.2) is 26.2 Å². The van der Waals surface area contributed by atoms with Crippen molar-refractivity contribution in [2.75, 3.05) is 12.0 Å². The Balaban J connectivity index is 2.30. The summed E-state index contributed by atoms with van der Waals surface area (Å²) < 4.78 is 1.59. The highest BCUT2D eigenvalue weighted by atomic mass is 32.2. The number of aromatic nitrogens is 5. The first-order valence-electron chi connectivity index (χ1n) is 5.65. The lowest BCUT2D eigenvalue weighted by Crippen LogP contribution is -2.17. The van der Waals surface area contributed by atoms with E-state index in [0.717, 1.165) is 6.42 Å². The van der Waals surface area contributed by atoms with Crippen LogP contribution in [0.1, 0.15) is 13.3 Å². The van der Waals surface area contributed by atoms with Gasteiger partial charge >= 0.3 is 5.69 Å². The van der Waals surface area contributed by atoms with Gasteiger partial charge in [-0.2, -0.15) is 0 Å². The zero-order valence-corrected chi connectivity index (χ0v) is 12.2. The van der Waals surface area contributed by atoms with Gasteiger partial charge in [0.25, 0.3) is 0 Å². The molecule has 0 aliphatic carbocycles. The Morgan fingerprint density at radius 2 is 2.26 bits per heavy atom. The molecule has 9 heteroatoms. The molecule has 2 rings (SSSR count). The summed E-state index contributed by atoms with van der Waals surface area (Å²) in [5.41, 5.74) is 5.50. The lowest BCUT2D eigenvalue weighted by molar-refractivity contribution is 0.603. The zero-order chi connectivity index (χ0) is 13.8. The highest BCUT2D eigenvalue weighted by Gasteiger charge is 2.11. The molecule has 3 N–H and O–H groups in total. The molecular weight excluding hydrogens is 284 g/mol. The van der Waals surface area contributed by atoms with E-state index in [1.54, 1.807) is 10.6 Å². The maximum Gasteiger partial charge on any atom is 0.343 e. The van der Waals surface area contributed by atoms with Crippen molar-refractivity contribution in [1.82, 2.24) is 24.7 Å². The third-order valence-corrected chi connectivity index (χ3v) is 3.71. The van der Waals surface area contributed by atoms with E-state index in [2.05, 4.69) is 20.2 Å². The first-order chi connectivity index (χ1) is 9.13. The minimum Gasteiger partial charge on any atom is -0.384 e. The standard InChI is InChI=1S/C10H14N6OS2/c1-3-4-16-9(17)14-15-10(16)19-7-5-6(11)12-8(13-7)18-2/h5H,3-4H2,1-2H3,(H,14,17)(H2,11,12,13). The molecule has 0 unspecified atom stereocenters. The van der Waals surface area contributed by atoms with Gasteiger partial charge in [-0.3, -0.25) is 4.57 Å². The van der Waals surface area contributed by atoms with E-state index < -0.39 is 0 Å². The summed E-state index contributed by atoms with van der Waals surface area (Å²) in [6, 6.07) is 1.67. The molecule has 0 aliphatic rings. The van der Waals surface area contributed by atoms with Crippen molar-refractivity contribution in [3.8, 4) is 0 Å². The highest BCUT2D eigenvalue weighted by Crippen LogP contribution is 2.26. The van der Waals surface area contributed by atoms with Crippen LogP contribution >= 0.6 is 23.5 Å². The average Bonchev–Trinajstić information content (AvgIpc) is 2.71. The van der Waals surface area contributed by atoms with E-state index in [4.69, 9.17) is 5.73 Å². The minimum absolute atomic E-state index is 0.212. The smallest absolute Gasteiger partial charge is 0.343 e. The maximum atomic E-state index is 11.6. The normalized spacial score (nSPS) is 10.8. The van der Waals surface area contributed by atoms with Crippen LogP contribution in [-0.2, 0) is 6.54 Å². The Morgan fingerprint density at radius 3 is 2.95 bits per heavy atom. The van der Waals surface area contributed by atoms with Crippen LogP contribution in [0.5, 0.6) is 0 Å². The number of nitrogens with zero attached hydrogens (tertiary/aromatic N) is 4. The van der Waals surface area contributed by atoms with E-state index in [9.17, 15) is 4.79 Å². The lowest BCUT2D eigenvalue weighted by Gasteiger charge is -2.04. The van der Waals surface area contributed by atoms with Gasteiger partial charge in [-0.05, 0) is 24.4 Å². The predicted molar refractivity (Wildman–Crippen MR) is 75.5 cm³/mol. The van der Waals surface area contributed by atoms with E-state index in [0.29, 0.717) is 27.7 Å². The van der Waals surface area contributed by atoms with Gasteiger partial charge in [-0.25, -0.2) is 19.9 Å². The molecule has 19 heavy (non-hydrogen) atoms. The molecule has 0 bridgehead atoms. The Hall–Kier alpha value is -1.48. The number of thioether (sulfide) groups is 1. The van der Waals surface area contributed by atoms with Gasteiger partial charge in [0.15, 0.2) is 10.3 Å². The summed E-state index contributed by atoms with van der Waals surface area (Å²) in [6.45, 7) is 2.62. The molecule has 0 amide bonds. The van der Waals surface area contributed by atoms with Crippen molar-refractivity contribution in [3.05, 3.63) is 16.6 Å². The predicted octanol–water partition coefficient (Wildman–Crippen LogP) is 1.23. The van der Waals surface area contributed by atoms with Gasteiger partial charge in [-0.1, -0.05) is 18.7 Å². The SMILES string of the molecule is CCCn1c(Sc2cc(N)nc(SC)n2)n[nH]c1=O. The summed E-state index contributed by atoms with van der Waals surface area (Å²) in [7, 11) is 0. The Morgan fingerprint density at radius 1 is 1.47 bits per heavy atom. The van der Waals surface area contributed by atoms with Crippen LogP contribution < -0.4 is 11.4 Å². The van der Waals surface area contributed by atoms with Crippen LogP contribution in [0.3, 0.4) is 0 Å². The third-order valence-electron chi connectivity index (χ3n) is 2.25. The fourth-order valence-corrected chi connectivity index (χ4v) is 2.78. The highest BCUT2D eigenvalue weighted by molar-refractivity contribution is 7.99. The molecule has 0 aromatic carbocycles. The first-order valence-corrected chi connectivity index (χ1v) is 7.69. The van der Waals surface area contributed by atoms with Crippen molar-refractivity contribution < 1.29 is 0 Å². The second-order valence-corrected chi connectivity index (χ2v) is 5.44. The molecular formula is C10H14N6OS2. The molecule has 0 spiro atoms. The van der Waals surface area contributed by atoms with E-state index >= 15 is 0 Å². The second-order valence-electron chi connectivity index (χ2n) is 3.68. The van der Waals surface area contributed by atoms with Gasteiger partial charge in [0.2, 0.25) is 0 Å². The van der Waals surface area contributed by atoms with Crippen LogP contribution in [0.25, 0.3) is 0 Å². The largest absolute Gasteiger partial charge is 0.384 e. The van der Waals surface area contributed by atoms with Crippen molar-refractivity contribution >= 4 is 29.3 Å². The average molecular weight is 298 g/mol. The Kier molecular flexibility index (Phi) is 4.48. The van der Waals surface area contributed by atoms with Crippen LogP contribution in [0, 0.1) is 0 Å². The fraction of sp³-hybridized carbons (Fsp3) is 0.400. The first kappa shape index (κ1) is 13.9. The van der Waals surface area contributed by atoms with Crippen molar-refractivity contribution in [1.29, 1.82) is 0 Å². The quantitative estimate of drug-likeness (QED) is 0.486. The zero-order valence-electron chi connectivity index (χ0n) is 10.6. The summed E-state index contributed by atoms with van der Waals surface area (Å²) in [6.07, 6.45) is 2.74. The molecule has 2 heterocycles. The van der Waals surface area contributed by atoms with Crippen molar-refractivity contribution in [3.63, 3.8) is 0 Å².